The minimum absolute atomic E-state index is 1.32. The van der Waals surface area contributed by atoms with Crippen LogP contribution in [0.2, 0.25) is 0 Å². The molecule has 4 heterocycles. The van der Waals surface area contributed by atoms with Gasteiger partial charge in [0.05, 0.1) is 38.0 Å². The molecule has 0 saturated heterocycles. The van der Waals surface area contributed by atoms with Crippen molar-refractivity contribution in [2.24, 2.45) is 0 Å². The van der Waals surface area contributed by atoms with E-state index in [4.69, 9.17) is 0 Å². The van der Waals surface area contributed by atoms with Crippen molar-refractivity contribution in [1.82, 2.24) is 0 Å². The molecule has 0 aliphatic heterocycles. The molecule has 2 aromatic carbocycles. The lowest BCUT2D eigenvalue weighted by molar-refractivity contribution is 1.45. The van der Waals surface area contributed by atoms with Crippen LogP contribution >= 0.6 is 136 Å². The molecule has 0 unspecified atom stereocenters. The van der Waals surface area contributed by atoms with Crippen LogP contribution in [-0.4, -0.2) is 0 Å². The molecule has 0 amide bonds. The maximum absolute atomic E-state index is 2.57. The Kier molecular flexibility index (Phi) is 6.42. The molecule has 0 radical (unpaired) electrons. The normalized spacial score (nSPS) is 12.1. The molecule has 0 aliphatic carbocycles. The van der Waals surface area contributed by atoms with E-state index in [2.05, 4.69) is 141 Å². The number of benzene rings is 2. The predicted octanol–water partition coefficient (Wildman–Crippen LogP) is 11.8. The molecule has 0 bridgehead atoms. The van der Waals surface area contributed by atoms with Crippen molar-refractivity contribution in [3.05, 3.63) is 61.8 Å². The summed E-state index contributed by atoms with van der Waals surface area (Å²) >= 11 is 18.0. The third kappa shape index (κ3) is 3.67. The number of thiophene rings is 4. The highest BCUT2D eigenvalue weighted by Gasteiger charge is 2.24. The molecule has 0 fully saturated rings. The van der Waals surface area contributed by atoms with Gasteiger partial charge in [-0.3, -0.25) is 0 Å². The third-order valence-corrected chi connectivity index (χ3v) is 16.4. The molecule has 0 saturated carbocycles. The van der Waals surface area contributed by atoms with E-state index in [1.807, 2.05) is 45.3 Å². The summed E-state index contributed by atoms with van der Waals surface area (Å²) in [4.78, 5) is 2.83. The molecule has 8 heteroatoms. The Morgan fingerprint density at radius 3 is 1.25 bits per heavy atom. The summed E-state index contributed by atoms with van der Waals surface area (Å²) in [5.41, 5.74) is 5.37. The van der Waals surface area contributed by atoms with Gasteiger partial charge < -0.3 is 0 Å². The fourth-order valence-electron chi connectivity index (χ4n) is 3.82. The fourth-order valence-corrected chi connectivity index (χ4v) is 14.6. The summed E-state index contributed by atoms with van der Waals surface area (Å²) in [6.45, 7) is 4.33. The monoisotopic (exact) mass is 936 g/mol. The SMILES string of the molecule is Cc1ccc(-c2sc3c(sc4c5sc(-c6ccc(C)cc6I)c(I)c5sc34)c2I)c(I)c1. The lowest BCUT2D eigenvalue weighted by Crippen LogP contribution is -1.83. The first-order valence-corrected chi connectivity index (χ1v) is 17.2. The zero-order valence-corrected chi connectivity index (χ0v) is 28.5. The first kappa shape index (κ1) is 23.3. The Bertz CT molecular complexity index is 1570. The molecule has 4 aromatic heterocycles. The maximum atomic E-state index is 2.57. The van der Waals surface area contributed by atoms with Crippen LogP contribution in [-0.2, 0) is 0 Å². The van der Waals surface area contributed by atoms with Crippen molar-refractivity contribution in [1.29, 1.82) is 0 Å². The largest absolute Gasteiger partial charge is 0.132 e. The Hall–Kier alpha value is 0.940. The van der Waals surface area contributed by atoms with E-state index in [1.54, 1.807) is 0 Å². The summed E-state index contributed by atoms with van der Waals surface area (Å²) in [6.07, 6.45) is 0. The third-order valence-electron chi connectivity index (χ3n) is 5.38. The Labute approximate surface area is 256 Å². The van der Waals surface area contributed by atoms with E-state index >= 15 is 0 Å². The smallest absolute Gasteiger partial charge is 0.0651 e. The number of rotatable bonds is 2. The van der Waals surface area contributed by atoms with Gasteiger partial charge in [-0.05, 0) is 116 Å². The second-order valence-electron chi connectivity index (χ2n) is 7.64. The topological polar surface area (TPSA) is 0 Å². The van der Waals surface area contributed by atoms with Crippen LogP contribution in [0, 0.1) is 28.1 Å². The van der Waals surface area contributed by atoms with Crippen molar-refractivity contribution in [2.45, 2.75) is 13.8 Å². The molecular weight excluding hydrogens is 924 g/mol. The van der Waals surface area contributed by atoms with Crippen molar-refractivity contribution in [2.75, 3.05) is 0 Å². The Morgan fingerprint density at radius 2 is 0.875 bits per heavy atom. The van der Waals surface area contributed by atoms with Crippen LogP contribution in [0.4, 0.5) is 0 Å². The quantitative estimate of drug-likeness (QED) is 0.152. The average molecular weight is 936 g/mol. The molecule has 32 heavy (non-hydrogen) atoms. The average Bonchev–Trinajstić information content (AvgIpc) is 3.43. The summed E-state index contributed by atoms with van der Waals surface area (Å²) in [5.74, 6) is 0. The van der Waals surface area contributed by atoms with Gasteiger partial charge in [0.2, 0.25) is 0 Å². The van der Waals surface area contributed by atoms with Crippen molar-refractivity contribution >= 4 is 164 Å². The summed E-state index contributed by atoms with van der Waals surface area (Å²) < 4.78 is 14.3. The predicted molar refractivity (Wildman–Crippen MR) is 182 cm³/mol. The maximum Gasteiger partial charge on any atom is 0.0651 e. The van der Waals surface area contributed by atoms with Gasteiger partial charge in [0, 0.05) is 25.4 Å². The van der Waals surface area contributed by atoms with Crippen LogP contribution in [0.1, 0.15) is 11.1 Å². The number of hydrogen-bond acceptors (Lipinski definition) is 4. The molecule has 0 aliphatic rings. The van der Waals surface area contributed by atoms with Crippen molar-refractivity contribution in [3.63, 3.8) is 0 Å². The van der Waals surface area contributed by atoms with E-state index < -0.39 is 0 Å². The van der Waals surface area contributed by atoms with Crippen LogP contribution < -0.4 is 0 Å². The highest BCUT2D eigenvalue weighted by Crippen LogP contribution is 2.55. The molecule has 6 aromatic rings. The van der Waals surface area contributed by atoms with E-state index in [9.17, 15) is 0 Å². The minimum atomic E-state index is 1.32. The van der Waals surface area contributed by atoms with Crippen LogP contribution in [0.25, 0.3) is 49.1 Å². The Balaban J connectivity index is 1.57. The second-order valence-corrected chi connectivity index (χ2v) is 16.2. The van der Waals surface area contributed by atoms with Crippen molar-refractivity contribution < 1.29 is 0 Å². The lowest BCUT2D eigenvalue weighted by atomic mass is 10.1. The minimum Gasteiger partial charge on any atom is -0.132 e. The van der Waals surface area contributed by atoms with Gasteiger partial charge in [-0.2, -0.15) is 0 Å². The van der Waals surface area contributed by atoms with Gasteiger partial charge in [-0.25, -0.2) is 0 Å². The first-order valence-electron chi connectivity index (χ1n) is 9.61. The molecular formula is C24H12I4S4. The zero-order chi connectivity index (χ0) is 22.3. The molecule has 0 nitrogen and oxygen atoms in total. The molecule has 6 rings (SSSR count). The Morgan fingerprint density at radius 1 is 0.500 bits per heavy atom. The highest BCUT2D eigenvalue weighted by molar-refractivity contribution is 14.1. The van der Waals surface area contributed by atoms with Gasteiger partial charge in [0.25, 0.3) is 0 Å². The molecule has 160 valence electrons. The summed E-state index contributed by atoms with van der Waals surface area (Å²) in [7, 11) is 0. The first-order chi connectivity index (χ1) is 15.3. The van der Waals surface area contributed by atoms with Crippen molar-refractivity contribution in [3.8, 4) is 20.9 Å². The van der Waals surface area contributed by atoms with Crippen LogP contribution in [0.15, 0.2) is 36.4 Å². The zero-order valence-electron chi connectivity index (χ0n) is 16.6. The van der Waals surface area contributed by atoms with E-state index in [-0.39, 0.29) is 0 Å². The van der Waals surface area contributed by atoms with E-state index in [0.29, 0.717) is 0 Å². The van der Waals surface area contributed by atoms with Gasteiger partial charge >= 0.3 is 0 Å². The van der Waals surface area contributed by atoms with Gasteiger partial charge in [-0.15, -0.1) is 45.3 Å². The van der Waals surface area contributed by atoms with Gasteiger partial charge in [-0.1, -0.05) is 35.4 Å². The molecule has 0 atom stereocenters. The molecule has 0 spiro atoms. The van der Waals surface area contributed by atoms with Crippen LogP contribution in [0.5, 0.6) is 0 Å². The van der Waals surface area contributed by atoms with Gasteiger partial charge in [0.15, 0.2) is 0 Å². The second kappa shape index (κ2) is 8.80. The number of hydrogen-bond donors (Lipinski definition) is 0. The lowest BCUT2D eigenvalue weighted by Gasteiger charge is -2.04. The van der Waals surface area contributed by atoms with E-state index in [0.717, 1.165) is 0 Å². The standard InChI is InChI=1S/C24H12I4S4/c1-9-3-5-11(13(25)7-9)17-15(27)19-21(29-17)23-24(31-19)22-20(32-23)16(28)18(30-22)12-6-4-10(2)8-14(12)26/h3-8H,1-2H3. The highest BCUT2D eigenvalue weighted by atomic mass is 127. The number of fused-ring (bicyclic) bond motifs is 5. The van der Waals surface area contributed by atoms with Crippen LogP contribution in [0.3, 0.4) is 0 Å². The van der Waals surface area contributed by atoms with Gasteiger partial charge in [0.1, 0.15) is 0 Å². The number of aryl methyl sites for hydroxylation is 2. The van der Waals surface area contributed by atoms with E-state index in [1.165, 1.54) is 74.5 Å². The fraction of sp³-hybridized carbons (Fsp3) is 0.0833. The summed E-state index contributed by atoms with van der Waals surface area (Å²) in [6, 6.07) is 13.6. The molecule has 0 N–H and O–H groups in total. The summed E-state index contributed by atoms with van der Waals surface area (Å²) in [5, 5.41) is 0. The number of halogens is 4.